The van der Waals surface area contributed by atoms with Crippen LogP contribution >= 0.6 is 0 Å². The minimum Gasteiger partial charge on any atom is -0.383 e. The molecule has 18 heavy (non-hydrogen) atoms. The number of hydrogen-bond donors (Lipinski definition) is 1. The van der Waals surface area contributed by atoms with Crippen LogP contribution in [0.5, 0.6) is 0 Å². The van der Waals surface area contributed by atoms with Gasteiger partial charge in [-0.05, 0) is 12.1 Å². The van der Waals surface area contributed by atoms with E-state index >= 15 is 0 Å². The maximum atomic E-state index is 13.5. The summed E-state index contributed by atoms with van der Waals surface area (Å²) >= 11 is 0. The molecule has 0 aliphatic carbocycles. The number of benzene rings is 1. The number of imidazole rings is 1. The number of aromatic nitrogens is 2. The molecule has 0 atom stereocenters. The maximum absolute atomic E-state index is 13.5. The van der Waals surface area contributed by atoms with Gasteiger partial charge in [0, 0.05) is 26.0 Å². The molecule has 2 aromatic rings. The Labute approximate surface area is 103 Å². The number of halogens is 2. The number of anilines is 2. The van der Waals surface area contributed by atoms with Crippen molar-refractivity contribution in [3.8, 4) is 0 Å². The zero-order valence-corrected chi connectivity index (χ0v) is 9.86. The van der Waals surface area contributed by atoms with Crippen LogP contribution in [0.15, 0.2) is 30.6 Å². The van der Waals surface area contributed by atoms with E-state index in [9.17, 15) is 8.78 Å². The van der Waals surface area contributed by atoms with E-state index in [0.29, 0.717) is 19.1 Å². The maximum Gasteiger partial charge on any atom is 0.207 e. The fourth-order valence-electron chi connectivity index (χ4n) is 1.52. The lowest BCUT2D eigenvalue weighted by Gasteiger charge is -2.10. The van der Waals surface area contributed by atoms with Gasteiger partial charge >= 0.3 is 0 Å². The van der Waals surface area contributed by atoms with Gasteiger partial charge in [0.25, 0.3) is 0 Å². The highest BCUT2D eigenvalue weighted by Crippen LogP contribution is 2.20. The monoisotopic (exact) mass is 253 g/mol. The Hall–Kier alpha value is -1.95. The van der Waals surface area contributed by atoms with E-state index in [1.165, 1.54) is 12.1 Å². The van der Waals surface area contributed by atoms with Gasteiger partial charge in [-0.3, -0.25) is 0 Å². The Kier molecular flexibility index (Phi) is 3.88. The van der Waals surface area contributed by atoms with Gasteiger partial charge in [-0.2, -0.15) is 0 Å². The fourth-order valence-corrected chi connectivity index (χ4v) is 1.52. The van der Waals surface area contributed by atoms with E-state index in [1.54, 1.807) is 24.1 Å². The van der Waals surface area contributed by atoms with Gasteiger partial charge in [0.05, 0.1) is 12.3 Å². The quantitative estimate of drug-likeness (QED) is 0.890. The van der Waals surface area contributed by atoms with Crippen LogP contribution in [0.2, 0.25) is 0 Å². The highest BCUT2D eigenvalue weighted by molar-refractivity contribution is 5.54. The van der Waals surface area contributed by atoms with Gasteiger partial charge in [-0.1, -0.05) is 6.07 Å². The molecule has 0 radical (unpaired) electrons. The zero-order valence-electron chi connectivity index (χ0n) is 9.86. The first-order valence-corrected chi connectivity index (χ1v) is 5.43. The molecule has 1 heterocycles. The molecule has 1 N–H and O–H groups in total. The molecule has 0 fully saturated rings. The van der Waals surface area contributed by atoms with Crippen LogP contribution in [0, 0.1) is 11.6 Å². The summed E-state index contributed by atoms with van der Waals surface area (Å²) in [5.41, 5.74) is 0.0554. The van der Waals surface area contributed by atoms with Crippen LogP contribution in [-0.4, -0.2) is 23.3 Å². The molecule has 96 valence electrons. The van der Waals surface area contributed by atoms with E-state index in [4.69, 9.17) is 4.74 Å². The molecule has 6 heteroatoms. The van der Waals surface area contributed by atoms with Gasteiger partial charge in [0.1, 0.15) is 0 Å². The lowest BCUT2D eigenvalue weighted by Crippen LogP contribution is -2.08. The highest BCUT2D eigenvalue weighted by atomic mass is 19.2. The van der Waals surface area contributed by atoms with Crippen LogP contribution in [0.1, 0.15) is 0 Å². The van der Waals surface area contributed by atoms with Gasteiger partial charge in [-0.25, -0.2) is 13.8 Å². The van der Waals surface area contributed by atoms with Crippen molar-refractivity contribution in [2.75, 3.05) is 19.0 Å². The second-order valence-electron chi connectivity index (χ2n) is 3.66. The van der Waals surface area contributed by atoms with Crippen molar-refractivity contribution < 1.29 is 13.5 Å². The SMILES string of the molecule is COCCn1ccnc1Nc1cccc(F)c1F. The Morgan fingerprint density at radius 2 is 2.22 bits per heavy atom. The average Bonchev–Trinajstić information content (AvgIpc) is 2.80. The Balaban J connectivity index is 2.18. The van der Waals surface area contributed by atoms with Crippen molar-refractivity contribution >= 4 is 11.6 Å². The van der Waals surface area contributed by atoms with Crippen molar-refractivity contribution in [3.05, 3.63) is 42.2 Å². The molecule has 1 aromatic carbocycles. The topological polar surface area (TPSA) is 39.1 Å². The molecule has 0 saturated heterocycles. The molecular weight excluding hydrogens is 240 g/mol. The van der Waals surface area contributed by atoms with Gasteiger partial charge in [0.15, 0.2) is 11.6 Å². The first-order chi connectivity index (χ1) is 8.72. The molecule has 4 nitrogen and oxygen atoms in total. The molecule has 0 unspecified atom stereocenters. The summed E-state index contributed by atoms with van der Waals surface area (Å²) in [6.45, 7) is 1.09. The summed E-state index contributed by atoms with van der Waals surface area (Å²) in [4.78, 5) is 4.04. The highest BCUT2D eigenvalue weighted by Gasteiger charge is 2.10. The number of ether oxygens (including phenoxy) is 1. The number of nitrogens with zero attached hydrogens (tertiary/aromatic N) is 2. The van der Waals surface area contributed by atoms with E-state index < -0.39 is 11.6 Å². The van der Waals surface area contributed by atoms with Crippen molar-refractivity contribution in [2.45, 2.75) is 6.54 Å². The van der Waals surface area contributed by atoms with E-state index in [2.05, 4.69) is 10.3 Å². The van der Waals surface area contributed by atoms with Crippen LogP contribution in [0.25, 0.3) is 0 Å². The van der Waals surface area contributed by atoms with Crippen molar-refractivity contribution in [3.63, 3.8) is 0 Å². The Morgan fingerprint density at radius 3 is 3.00 bits per heavy atom. The largest absolute Gasteiger partial charge is 0.383 e. The molecule has 1 aromatic heterocycles. The van der Waals surface area contributed by atoms with Crippen LogP contribution in [0.4, 0.5) is 20.4 Å². The minimum atomic E-state index is -0.918. The predicted octanol–water partition coefficient (Wildman–Crippen LogP) is 2.55. The standard InChI is InChI=1S/C12H13F2N3O/c1-18-8-7-17-6-5-15-12(17)16-10-4-2-3-9(13)11(10)14/h2-6H,7-8H2,1H3,(H,15,16). The average molecular weight is 253 g/mol. The summed E-state index contributed by atoms with van der Waals surface area (Å²) in [6.07, 6.45) is 3.31. The van der Waals surface area contributed by atoms with Crippen LogP contribution in [0.3, 0.4) is 0 Å². The molecule has 0 spiro atoms. The van der Waals surface area contributed by atoms with Gasteiger partial charge in [-0.15, -0.1) is 0 Å². The van der Waals surface area contributed by atoms with E-state index in [0.717, 1.165) is 6.07 Å². The van der Waals surface area contributed by atoms with E-state index in [1.807, 2.05) is 0 Å². The third kappa shape index (κ3) is 2.65. The normalized spacial score (nSPS) is 10.6. The number of methoxy groups -OCH3 is 1. The first kappa shape index (κ1) is 12.5. The van der Waals surface area contributed by atoms with Crippen LogP contribution < -0.4 is 5.32 Å². The number of rotatable bonds is 5. The van der Waals surface area contributed by atoms with Gasteiger partial charge in [0.2, 0.25) is 5.95 Å². The van der Waals surface area contributed by atoms with Gasteiger partial charge < -0.3 is 14.6 Å². The van der Waals surface area contributed by atoms with Crippen molar-refractivity contribution in [1.82, 2.24) is 9.55 Å². The Morgan fingerprint density at radius 1 is 1.39 bits per heavy atom. The summed E-state index contributed by atoms with van der Waals surface area (Å²) in [5, 5.41) is 2.75. The molecule has 0 aliphatic rings. The second kappa shape index (κ2) is 5.59. The number of nitrogens with one attached hydrogen (secondary N) is 1. The smallest absolute Gasteiger partial charge is 0.207 e. The summed E-state index contributed by atoms with van der Waals surface area (Å²) in [5.74, 6) is -1.37. The first-order valence-electron chi connectivity index (χ1n) is 5.43. The molecule has 0 bridgehead atoms. The Bertz CT molecular complexity index is 528. The predicted molar refractivity (Wildman–Crippen MR) is 63.7 cm³/mol. The third-order valence-corrected chi connectivity index (χ3v) is 2.45. The molecular formula is C12H13F2N3O. The lowest BCUT2D eigenvalue weighted by molar-refractivity contribution is 0.188. The fraction of sp³-hybridized carbons (Fsp3) is 0.250. The second-order valence-corrected chi connectivity index (χ2v) is 3.66. The zero-order chi connectivity index (χ0) is 13.0. The van der Waals surface area contributed by atoms with Crippen molar-refractivity contribution in [1.29, 1.82) is 0 Å². The summed E-state index contributed by atoms with van der Waals surface area (Å²) < 4.78 is 33.2. The molecule has 0 amide bonds. The molecule has 0 saturated carbocycles. The summed E-state index contributed by atoms with van der Waals surface area (Å²) in [6, 6.07) is 3.95. The van der Waals surface area contributed by atoms with Crippen molar-refractivity contribution in [2.24, 2.45) is 0 Å². The summed E-state index contributed by atoms with van der Waals surface area (Å²) in [7, 11) is 1.59. The molecule has 0 aliphatic heterocycles. The lowest BCUT2D eigenvalue weighted by atomic mass is 10.3. The van der Waals surface area contributed by atoms with E-state index in [-0.39, 0.29) is 5.69 Å². The third-order valence-electron chi connectivity index (χ3n) is 2.45. The number of hydrogen-bond acceptors (Lipinski definition) is 3. The molecule has 2 rings (SSSR count). The van der Waals surface area contributed by atoms with Crippen LogP contribution in [-0.2, 0) is 11.3 Å². The minimum absolute atomic E-state index is 0.0554.